The third kappa shape index (κ3) is 3.74. The predicted molar refractivity (Wildman–Crippen MR) is 62.8 cm³/mol. The molecular formula is C13H18FNO. The lowest BCUT2D eigenvalue weighted by atomic mass is 9.95. The Kier molecular flexibility index (Phi) is 4.62. The molecule has 0 fully saturated rings. The fraction of sp³-hybridized carbons (Fsp3) is 0.462. The second-order valence-electron chi connectivity index (χ2n) is 4.37. The van der Waals surface area contributed by atoms with E-state index >= 15 is 0 Å². The summed E-state index contributed by atoms with van der Waals surface area (Å²) in [4.78, 5) is 13.4. The van der Waals surface area contributed by atoms with Crippen molar-refractivity contribution in [2.45, 2.75) is 13.3 Å². The van der Waals surface area contributed by atoms with E-state index in [1.807, 2.05) is 19.0 Å². The molecule has 0 saturated heterocycles. The second-order valence-corrected chi connectivity index (χ2v) is 4.37. The normalized spacial score (nSPS) is 12.8. The Morgan fingerprint density at radius 3 is 2.50 bits per heavy atom. The number of hydrogen-bond acceptors (Lipinski definition) is 2. The van der Waals surface area contributed by atoms with Crippen LogP contribution in [0.5, 0.6) is 0 Å². The summed E-state index contributed by atoms with van der Waals surface area (Å²) in [5.74, 6) is -0.253. The molecule has 0 aliphatic heterocycles. The Morgan fingerprint density at radius 1 is 1.38 bits per heavy atom. The molecule has 1 unspecified atom stereocenters. The number of rotatable bonds is 5. The molecule has 0 bridgehead atoms. The zero-order valence-electron chi connectivity index (χ0n) is 10.0. The molecule has 1 rings (SSSR count). The number of carbonyl (C=O) groups is 1. The summed E-state index contributed by atoms with van der Waals surface area (Å²) in [6.07, 6.45) is 0.472. The lowest BCUT2D eigenvalue weighted by Crippen LogP contribution is -2.28. The van der Waals surface area contributed by atoms with Gasteiger partial charge in [0, 0.05) is 12.5 Å². The molecule has 0 spiro atoms. The number of Topliss-reactive ketones (excluding diaryl/α,β-unsaturated/α-hetero) is 1. The Labute approximate surface area is 96.1 Å². The summed E-state index contributed by atoms with van der Waals surface area (Å²) >= 11 is 0. The van der Waals surface area contributed by atoms with Gasteiger partial charge in [0.2, 0.25) is 0 Å². The molecule has 0 saturated carbocycles. The highest BCUT2D eigenvalue weighted by Crippen LogP contribution is 2.14. The van der Waals surface area contributed by atoms with E-state index in [1.165, 1.54) is 6.07 Å². The lowest BCUT2D eigenvalue weighted by molar-refractivity contribution is -0.121. The van der Waals surface area contributed by atoms with E-state index in [4.69, 9.17) is 0 Å². The van der Waals surface area contributed by atoms with Crippen LogP contribution in [0.3, 0.4) is 0 Å². The van der Waals surface area contributed by atoms with Crippen molar-refractivity contribution >= 4 is 5.78 Å². The molecule has 0 aromatic heterocycles. The van der Waals surface area contributed by atoms with Gasteiger partial charge < -0.3 is 4.90 Å². The molecule has 1 aromatic carbocycles. The number of hydrogen-bond donors (Lipinski definition) is 0. The molecule has 0 aliphatic carbocycles. The summed E-state index contributed by atoms with van der Waals surface area (Å²) in [5.41, 5.74) is 0.615. The van der Waals surface area contributed by atoms with Crippen LogP contribution < -0.4 is 0 Å². The number of ketones is 1. The summed E-state index contributed by atoms with van der Waals surface area (Å²) < 4.78 is 13.4. The average Bonchev–Trinajstić information content (AvgIpc) is 2.19. The van der Waals surface area contributed by atoms with Gasteiger partial charge in [-0.1, -0.05) is 18.2 Å². The average molecular weight is 223 g/mol. The van der Waals surface area contributed by atoms with Gasteiger partial charge in [-0.25, -0.2) is 4.39 Å². The zero-order valence-corrected chi connectivity index (χ0v) is 10.0. The van der Waals surface area contributed by atoms with Crippen LogP contribution >= 0.6 is 0 Å². The third-order valence-corrected chi connectivity index (χ3v) is 2.58. The molecule has 0 heterocycles. The molecule has 2 nitrogen and oxygen atoms in total. The van der Waals surface area contributed by atoms with E-state index in [-0.39, 0.29) is 17.5 Å². The van der Waals surface area contributed by atoms with Gasteiger partial charge in [0.15, 0.2) is 0 Å². The maximum atomic E-state index is 13.4. The van der Waals surface area contributed by atoms with Crippen LogP contribution in [0, 0.1) is 11.7 Å². The molecule has 0 N–H and O–H groups in total. The van der Waals surface area contributed by atoms with Crippen molar-refractivity contribution in [3.05, 3.63) is 35.6 Å². The van der Waals surface area contributed by atoms with Gasteiger partial charge in [-0.3, -0.25) is 4.79 Å². The molecular weight excluding hydrogens is 205 g/mol. The number of carbonyl (C=O) groups excluding carboxylic acids is 1. The molecule has 3 heteroatoms. The monoisotopic (exact) mass is 223 g/mol. The van der Waals surface area contributed by atoms with Crippen LogP contribution in [0.15, 0.2) is 24.3 Å². The van der Waals surface area contributed by atoms with Crippen molar-refractivity contribution in [2.75, 3.05) is 20.6 Å². The fourth-order valence-corrected chi connectivity index (χ4v) is 1.71. The highest BCUT2D eigenvalue weighted by atomic mass is 19.1. The van der Waals surface area contributed by atoms with Gasteiger partial charge in [-0.2, -0.15) is 0 Å². The first kappa shape index (κ1) is 12.8. The summed E-state index contributed by atoms with van der Waals surface area (Å²) in [6, 6.07) is 6.63. The number of nitrogens with zero attached hydrogens (tertiary/aromatic N) is 1. The molecule has 0 amide bonds. The number of halogens is 1. The van der Waals surface area contributed by atoms with Gasteiger partial charge in [-0.05, 0) is 39.1 Å². The Morgan fingerprint density at radius 2 is 2.00 bits per heavy atom. The second kappa shape index (κ2) is 5.75. The summed E-state index contributed by atoms with van der Waals surface area (Å²) in [7, 11) is 3.83. The van der Waals surface area contributed by atoms with Crippen LogP contribution in [0.25, 0.3) is 0 Å². The lowest BCUT2D eigenvalue weighted by Gasteiger charge is -2.18. The van der Waals surface area contributed by atoms with Gasteiger partial charge >= 0.3 is 0 Å². The summed E-state index contributed by atoms with van der Waals surface area (Å²) in [5, 5.41) is 0. The minimum absolute atomic E-state index is 0.108. The highest BCUT2D eigenvalue weighted by Gasteiger charge is 2.17. The first-order valence-electron chi connectivity index (χ1n) is 5.39. The molecule has 0 radical (unpaired) electrons. The van der Waals surface area contributed by atoms with E-state index in [0.717, 1.165) is 0 Å². The predicted octanol–water partition coefficient (Wildman–Crippen LogP) is 2.13. The first-order valence-corrected chi connectivity index (χ1v) is 5.39. The van der Waals surface area contributed by atoms with Gasteiger partial charge in [0.25, 0.3) is 0 Å². The van der Waals surface area contributed by atoms with Gasteiger partial charge in [0.05, 0.1) is 0 Å². The summed E-state index contributed by atoms with van der Waals surface area (Å²) in [6.45, 7) is 2.22. The van der Waals surface area contributed by atoms with Gasteiger partial charge in [0.1, 0.15) is 11.6 Å². The Bertz CT molecular complexity index is 363. The van der Waals surface area contributed by atoms with Crippen LogP contribution in [0.2, 0.25) is 0 Å². The standard InChI is InChI=1S/C13H18FNO/c1-10(16)12(9-15(2)3)8-11-6-4-5-7-13(11)14/h4-7,12H,8-9H2,1-3H3. The maximum absolute atomic E-state index is 13.4. The van der Waals surface area contributed by atoms with Crippen LogP contribution in [-0.2, 0) is 11.2 Å². The maximum Gasteiger partial charge on any atom is 0.134 e. The van der Waals surface area contributed by atoms with Crippen LogP contribution in [-0.4, -0.2) is 31.3 Å². The van der Waals surface area contributed by atoms with Crippen molar-refractivity contribution < 1.29 is 9.18 Å². The number of benzene rings is 1. The zero-order chi connectivity index (χ0) is 12.1. The van der Waals surface area contributed by atoms with Crippen molar-refractivity contribution in [3.8, 4) is 0 Å². The highest BCUT2D eigenvalue weighted by molar-refractivity contribution is 5.78. The largest absolute Gasteiger partial charge is 0.309 e. The van der Waals surface area contributed by atoms with Crippen molar-refractivity contribution in [3.63, 3.8) is 0 Å². The molecule has 0 aliphatic rings. The Balaban J connectivity index is 2.76. The first-order chi connectivity index (χ1) is 7.50. The van der Waals surface area contributed by atoms with Gasteiger partial charge in [-0.15, -0.1) is 0 Å². The topological polar surface area (TPSA) is 20.3 Å². The smallest absolute Gasteiger partial charge is 0.134 e. The van der Waals surface area contributed by atoms with Crippen molar-refractivity contribution in [1.82, 2.24) is 4.90 Å². The molecule has 1 atom stereocenters. The fourth-order valence-electron chi connectivity index (χ4n) is 1.71. The quantitative estimate of drug-likeness (QED) is 0.762. The minimum atomic E-state index is -0.229. The molecule has 16 heavy (non-hydrogen) atoms. The van der Waals surface area contributed by atoms with E-state index in [0.29, 0.717) is 18.5 Å². The van der Waals surface area contributed by atoms with Crippen LogP contribution in [0.1, 0.15) is 12.5 Å². The van der Waals surface area contributed by atoms with E-state index in [1.54, 1.807) is 25.1 Å². The Hall–Kier alpha value is -1.22. The van der Waals surface area contributed by atoms with E-state index < -0.39 is 0 Å². The van der Waals surface area contributed by atoms with E-state index in [2.05, 4.69) is 0 Å². The molecule has 88 valence electrons. The van der Waals surface area contributed by atoms with Crippen LogP contribution in [0.4, 0.5) is 4.39 Å². The minimum Gasteiger partial charge on any atom is -0.309 e. The van der Waals surface area contributed by atoms with E-state index in [9.17, 15) is 9.18 Å². The third-order valence-electron chi connectivity index (χ3n) is 2.58. The van der Waals surface area contributed by atoms with Crippen molar-refractivity contribution in [1.29, 1.82) is 0 Å². The SMILES string of the molecule is CC(=O)C(Cc1ccccc1F)CN(C)C. The molecule has 1 aromatic rings. The van der Waals surface area contributed by atoms with Crippen molar-refractivity contribution in [2.24, 2.45) is 5.92 Å².